The van der Waals surface area contributed by atoms with Crippen LogP contribution in [-0.4, -0.2) is 52.1 Å². The Labute approximate surface area is 257 Å². The summed E-state index contributed by atoms with van der Waals surface area (Å²) in [6.45, 7) is 10.2. The molecule has 1 amide bonds. The first-order chi connectivity index (χ1) is 21.3. The van der Waals surface area contributed by atoms with Gasteiger partial charge in [-0.25, -0.2) is 27.8 Å². The summed E-state index contributed by atoms with van der Waals surface area (Å²) in [4.78, 5) is 23.0. The smallest absolute Gasteiger partial charge is 0.246 e. The number of benzene rings is 3. The van der Waals surface area contributed by atoms with Crippen LogP contribution in [0.15, 0.2) is 103 Å². The van der Waals surface area contributed by atoms with Crippen molar-refractivity contribution in [2.45, 2.75) is 37.2 Å². The fourth-order valence-electron chi connectivity index (χ4n) is 5.40. The number of allylic oxidation sites excluding steroid dienone is 1. The molecule has 0 spiro atoms. The molecule has 11 heteroatoms. The van der Waals surface area contributed by atoms with Gasteiger partial charge < -0.3 is 10.6 Å². The lowest BCUT2D eigenvalue weighted by Gasteiger charge is -2.32. The monoisotopic (exact) mass is 609 g/mol. The van der Waals surface area contributed by atoms with E-state index in [0.717, 1.165) is 29.4 Å². The molecule has 1 aliphatic heterocycles. The second kappa shape index (κ2) is 13.2. The maximum atomic E-state index is 13.1. The van der Waals surface area contributed by atoms with Gasteiger partial charge in [0, 0.05) is 30.6 Å². The SMILES string of the molecule is C=CC.C=CC(=O)N1CCCC(n2nc(-c3ccc(CNS(=O)(=O)c4cccc5ccccc45)cc3)c3c(N)ncnc32)C1. The fourth-order valence-corrected chi connectivity index (χ4v) is 6.65. The summed E-state index contributed by atoms with van der Waals surface area (Å²) >= 11 is 0. The van der Waals surface area contributed by atoms with Crippen molar-refractivity contribution in [3.05, 3.63) is 104 Å². The summed E-state index contributed by atoms with van der Waals surface area (Å²) in [7, 11) is -3.74. The fraction of sp³-hybridized carbons (Fsp3) is 0.212. The number of nitrogens with zero attached hydrogens (tertiary/aromatic N) is 5. The van der Waals surface area contributed by atoms with Gasteiger partial charge in [0.25, 0.3) is 0 Å². The normalized spacial score (nSPS) is 15.0. The first-order valence-electron chi connectivity index (χ1n) is 14.3. The number of nitrogens with two attached hydrogens (primary N) is 1. The molecule has 1 atom stereocenters. The summed E-state index contributed by atoms with van der Waals surface area (Å²) in [5.74, 6) is 0.213. The molecule has 0 radical (unpaired) electrons. The van der Waals surface area contributed by atoms with E-state index in [1.807, 2.05) is 60.1 Å². The van der Waals surface area contributed by atoms with Gasteiger partial charge in [-0.3, -0.25) is 4.79 Å². The van der Waals surface area contributed by atoms with Crippen LogP contribution in [-0.2, 0) is 21.4 Å². The second-order valence-electron chi connectivity index (χ2n) is 10.4. The number of sulfonamides is 1. The number of hydrogen-bond donors (Lipinski definition) is 2. The van der Waals surface area contributed by atoms with Crippen LogP contribution in [0.3, 0.4) is 0 Å². The maximum absolute atomic E-state index is 13.1. The minimum Gasteiger partial charge on any atom is -0.383 e. The number of carbonyl (C=O) groups excluding carboxylic acids is 1. The van der Waals surface area contributed by atoms with Crippen LogP contribution in [0.25, 0.3) is 33.1 Å². The minimum atomic E-state index is -3.74. The highest BCUT2D eigenvalue weighted by atomic mass is 32.2. The molecular weight excluding hydrogens is 574 g/mol. The van der Waals surface area contributed by atoms with E-state index in [-0.39, 0.29) is 23.4 Å². The van der Waals surface area contributed by atoms with E-state index in [1.165, 1.54) is 12.4 Å². The van der Waals surface area contributed by atoms with Crippen molar-refractivity contribution in [1.29, 1.82) is 0 Å². The molecule has 3 heterocycles. The van der Waals surface area contributed by atoms with E-state index in [2.05, 4.69) is 27.8 Å². The van der Waals surface area contributed by atoms with Crippen LogP contribution in [0.4, 0.5) is 5.82 Å². The molecule has 3 N–H and O–H groups in total. The number of hydrogen-bond acceptors (Lipinski definition) is 7. The number of nitrogen functional groups attached to an aromatic ring is 1. The van der Waals surface area contributed by atoms with Crippen LogP contribution in [0.2, 0.25) is 0 Å². The lowest BCUT2D eigenvalue weighted by Crippen LogP contribution is -2.40. The molecule has 0 aliphatic carbocycles. The molecule has 1 saturated heterocycles. The van der Waals surface area contributed by atoms with Crippen molar-refractivity contribution in [3.63, 3.8) is 0 Å². The Balaban J connectivity index is 0.00000123. The van der Waals surface area contributed by atoms with E-state index in [0.29, 0.717) is 41.0 Å². The third kappa shape index (κ3) is 6.24. The van der Waals surface area contributed by atoms with Crippen molar-refractivity contribution < 1.29 is 13.2 Å². The third-order valence-electron chi connectivity index (χ3n) is 7.48. The van der Waals surface area contributed by atoms with Gasteiger partial charge >= 0.3 is 0 Å². The van der Waals surface area contributed by atoms with Gasteiger partial charge in [0.1, 0.15) is 17.8 Å². The van der Waals surface area contributed by atoms with Crippen LogP contribution in [0.5, 0.6) is 0 Å². The summed E-state index contributed by atoms with van der Waals surface area (Å²) in [6.07, 6.45) is 6.18. The maximum Gasteiger partial charge on any atom is 0.246 e. The first-order valence-corrected chi connectivity index (χ1v) is 15.8. The van der Waals surface area contributed by atoms with Gasteiger partial charge in [-0.2, -0.15) is 5.10 Å². The van der Waals surface area contributed by atoms with Crippen molar-refractivity contribution in [1.82, 2.24) is 29.4 Å². The number of amides is 1. The van der Waals surface area contributed by atoms with Crippen LogP contribution >= 0.6 is 0 Å². The number of nitrogens with one attached hydrogen (secondary N) is 1. The largest absolute Gasteiger partial charge is 0.383 e. The molecule has 1 unspecified atom stereocenters. The Morgan fingerprint density at radius 3 is 2.55 bits per heavy atom. The summed E-state index contributed by atoms with van der Waals surface area (Å²) in [6, 6.07) is 20.1. The summed E-state index contributed by atoms with van der Waals surface area (Å²) < 4.78 is 30.9. The zero-order chi connectivity index (χ0) is 31.3. The zero-order valence-electron chi connectivity index (χ0n) is 24.6. The predicted octanol–water partition coefficient (Wildman–Crippen LogP) is 5.25. The molecule has 5 aromatic rings. The molecule has 1 fully saturated rings. The summed E-state index contributed by atoms with van der Waals surface area (Å²) in [5, 5.41) is 7.09. The lowest BCUT2D eigenvalue weighted by molar-refractivity contribution is -0.127. The zero-order valence-corrected chi connectivity index (χ0v) is 25.4. The number of aromatic nitrogens is 4. The van der Waals surface area contributed by atoms with E-state index in [1.54, 1.807) is 29.2 Å². The Morgan fingerprint density at radius 2 is 1.80 bits per heavy atom. The Hall–Kier alpha value is -4.87. The van der Waals surface area contributed by atoms with Crippen molar-refractivity contribution in [2.75, 3.05) is 18.8 Å². The average molecular weight is 610 g/mol. The second-order valence-corrected chi connectivity index (χ2v) is 12.2. The Bertz CT molecular complexity index is 1930. The topological polar surface area (TPSA) is 136 Å². The third-order valence-corrected chi connectivity index (χ3v) is 8.94. The predicted molar refractivity (Wildman–Crippen MR) is 174 cm³/mol. The molecule has 6 rings (SSSR count). The van der Waals surface area contributed by atoms with Crippen molar-refractivity contribution >= 4 is 43.6 Å². The van der Waals surface area contributed by atoms with Crippen LogP contribution < -0.4 is 10.5 Å². The van der Waals surface area contributed by atoms with Crippen molar-refractivity contribution in [3.8, 4) is 11.3 Å². The number of likely N-dealkylation sites (tertiary alicyclic amines) is 1. The molecule has 0 bridgehead atoms. The van der Waals surface area contributed by atoms with Crippen LogP contribution in [0, 0.1) is 0 Å². The molecule has 3 aromatic carbocycles. The number of rotatable bonds is 7. The standard InChI is InChI=1S/C30H29N7O3S.C3H6/c1-2-26(38)36-16-6-9-23(18-36)37-30-27(29(31)32-19-33-30)28(35-37)22-14-12-20(13-15-22)17-34-41(39,40)25-11-5-8-21-7-3-4-10-24(21)25;1-3-2/h2-5,7-8,10-15,19,23,34H,1,6,9,16-18H2,(H2,31,32,33);3H,1H2,2H3. The Morgan fingerprint density at radius 1 is 1.07 bits per heavy atom. The molecular formula is C33H35N7O3S. The van der Waals surface area contributed by atoms with E-state index < -0.39 is 10.0 Å². The quantitative estimate of drug-likeness (QED) is 0.190. The van der Waals surface area contributed by atoms with E-state index >= 15 is 0 Å². The van der Waals surface area contributed by atoms with Gasteiger partial charge in [-0.05, 0) is 42.9 Å². The van der Waals surface area contributed by atoms with Crippen LogP contribution in [0.1, 0.15) is 31.4 Å². The molecule has 0 saturated carbocycles. The number of anilines is 1. The van der Waals surface area contributed by atoms with Gasteiger partial charge in [0.2, 0.25) is 15.9 Å². The van der Waals surface area contributed by atoms with Gasteiger partial charge in [-0.15, -0.1) is 6.58 Å². The molecule has 2 aromatic heterocycles. The molecule has 1 aliphatic rings. The highest BCUT2D eigenvalue weighted by Gasteiger charge is 2.28. The highest BCUT2D eigenvalue weighted by Crippen LogP contribution is 2.34. The van der Waals surface area contributed by atoms with E-state index in [4.69, 9.17) is 10.8 Å². The van der Waals surface area contributed by atoms with Gasteiger partial charge in [0.05, 0.1) is 16.3 Å². The van der Waals surface area contributed by atoms with Gasteiger partial charge in [-0.1, -0.05) is 73.3 Å². The first kappa shape index (κ1) is 30.6. The summed E-state index contributed by atoms with van der Waals surface area (Å²) in [5.41, 5.74) is 9.12. The van der Waals surface area contributed by atoms with E-state index in [9.17, 15) is 13.2 Å². The van der Waals surface area contributed by atoms with Crippen molar-refractivity contribution in [2.24, 2.45) is 0 Å². The molecule has 226 valence electrons. The van der Waals surface area contributed by atoms with Gasteiger partial charge in [0.15, 0.2) is 5.65 Å². The molecule has 10 nitrogen and oxygen atoms in total. The number of piperidine rings is 1. The number of carbonyl (C=O) groups is 1. The average Bonchev–Trinajstić information content (AvgIpc) is 3.45. The lowest BCUT2D eigenvalue weighted by atomic mass is 10.1. The number of fused-ring (bicyclic) bond motifs is 2. The minimum absolute atomic E-state index is 0.0686. The Kier molecular flexibility index (Phi) is 9.17. The molecule has 44 heavy (non-hydrogen) atoms. The highest BCUT2D eigenvalue weighted by molar-refractivity contribution is 7.89.